The van der Waals surface area contributed by atoms with Gasteiger partial charge in [-0.25, -0.2) is 13.6 Å². The van der Waals surface area contributed by atoms with Gasteiger partial charge in [0.05, 0.1) is 11.8 Å². The van der Waals surface area contributed by atoms with E-state index in [2.05, 4.69) is 15.5 Å². The van der Waals surface area contributed by atoms with Crippen LogP contribution in [0.15, 0.2) is 34.0 Å². The zero-order valence-corrected chi connectivity index (χ0v) is 13.4. The maximum absolute atomic E-state index is 13.7. The monoisotopic (exact) mass is 383 g/mol. The van der Waals surface area contributed by atoms with E-state index in [1.807, 2.05) is 0 Å². The molecule has 3 rings (SSSR count). The van der Waals surface area contributed by atoms with Gasteiger partial charge in [-0.05, 0) is 12.1 Å². The largest absolute Gasteiger partial charge is 0.328 e. The third-order valence-electron chi connectivity index (χ3n) is 3.13. The Morgan fingerprint density at radius 1 is 1.15 bits per heavy atom. The number of anilines is 1. The van der Waals surface area contributed by atoms with Gasteiger partial charge in [0, 0.05) is 0 Å². The van der Waals surface area contributed by atoms with Crippen LogP contribution in [0.3, 0.4) is 0 Å². The number of aromatic amines is 1. The normalized spacial score (nSPS) is 10.7. The first-order chi connectivity index (χ1) is 12.3. The van der Waals surface area contributed by atoms with E-state index in [1.165, 1.54) is 6.07 Å². The van der Waals surface area contributed by atoms with Crippen LogP contribution >= 0.6 is 11.3 Å². The van der Waals surface area contributed by atoms with Gasteiger partial charge in [-0.15, -0.1) is 10.2 Å². The van der Waals surface area contributed by atoms with Crippen LogP contribution in [0.1, 0.15) is 0 Å². The van der Waals surface area contributed by atoms with Crippen LogP contribution in [0.5, 0.6) is 0 Å². The minimum absolute atomic E-state index is 0.0781. The highest BCUT2D eigenvalue weighted by molar-refractivity contribution is 7.18. The lowest BCUT2D eigenvalue weighted by Gasteiger charge is -2.04. The number of carbonyl (C=O) groups is 1. The van der Waals surface area contributed by atoms with Crippen LogP contribution in [0.4, 0.5) is 18.3 Å². The van der Waals surface area contributed by atoms with Gasteiger partial charge in [0.25, 0.3) is 5.56 Å². The lowest BCUT2D eigenvalue weighted by Crippen LogP contribution is -2.34. The van der Waals surface area contributed by atoms with Gasteiger partial charge in [0.15, 0.2) is 5.01 Å². The fraction of sp³-hybridized carbons (Fsp3) is 0.0714. The van der Waals surface area contributed by atoms with Crippen molar-refractivity contribution in [3.05, 3.63) is 62.7 Å². The maximum Gasteiger partial charge on any atom is 0.328 e. The second-order valence-corrected chi connectivity index (χ2v) is 5.90. The summed E-state index contributed by atoms with van der Waals surface area (Å²) in [6, 6.07) is 3.30. The highest BCUT2D eigenvalue weighted by Crippen LogP contribution is 2.30. The second-order valence-electron chi connectivity index (χ2n) is 4.92. The molecule has 0 aliphatic heterocycles. The highest BCUT2D eigenvalue weighted by Gasteiger charge is 2.17. The van der Waals surface area contributed by atoms with E-state index in [0.29, 0.717) is 22.1 Å². The molecule has 12 heteroatoms. The van der Waals surface area contributed by atoms with Crippen LogP contribution in [0, 0.1) is 17.5 Å². The summed E-state index contributed by atoms with van der Waals surface area (Å²) in [6.45, 7) is -0.616. The van der Waals surface area contributed by atoms with Gasteiger partial charge in [-0.1, -0.05) is 17.4 Å². The molecule has 0 saturated heterocycles. The van der Waals surface area contributed by atoms with E-state index in [1.54, 1.807) is 4.98 Å². The number of halogens is 3. The second kappa shape index (κ2) is 6.92. The number of aromatic nitrogens is 4. The Hall–Kier alpha value is -3.28. The van der Waals surface area contributed by atoms with Crippen molar-refractivity contribution >= 4 is 22.4 Å². The molecule has 0 aliphatic rings. The van der Waals surface area contributed by atoms with Crippen molar-refractivity contribution in [3.63, 3.8) is 0 Å². The first-order valence-corrected chi connectivity index (χ1v) is 7.74. The van der Waals surface area contributed by atoms with Crippen molar-refractivity contribution in [1.82, 2.24) is 19.7 Å². The van der Waals surface area contributed by atoms with Gasteiger partial charge < -0.3 is 0 Å². The number of amides is 1. The minimum atomic E-state index is -1.23. The number of rotatable bonds is 4. The van der Waals surface area contributed by atoms with Gasteiger partial charge in [-0.3, -0.25) is 24.5 Å². The van der Waals surface area contributed by atoms with Crippen molar-refractivity contribution in [2.75, 3.05) is 5.32 Å². The van der Waals surface area contributed by atoms with E-state index in [-0.39, 0.29) is 15.7 Å². The lowest BCUT2D eigenvalue weighted by atomic mass is 10.2. The average molecular weight is 383 g/mol. The van der Waals surface area contributed by atoms with E-state index in [9.17, 15) is 27.6 Å². The van der Waals surface area contributed by atoms with E-state index in [0.717, 1.165) is 12.1 Å². The van der Waals surface area contributed by atoms with Crippen LogP contribution in [0.2, 0.25) is 0 Å². The Balaban J connectivity index is 1.77. The number of hydrogen-bond donors (Lipinski definition) is 2. The molecule has 0 saturated carbocycles. The summed E-state index contributed by atoms with van der Waals surface area (Å²) < 4.78 is 41.3. The summed E-state index contributed by atoms with van der Waals surface area (Å²) >= 11 is 0.710. The molecule has 0 fully saturated rings. The minimum Gasteiger partial charge on any atom is -0.299 e. The highest BCUT2D eigenvalue weighted by atomic mass is 32.1. The number of hydrogen-bond acceptors (Lipinski definition) is 6. The van der Waals surface area contributed by atoms with Crippen LogP contribution in [-0.4, -0.2) is 25.7 Å². The Morgan fingerprint density at radius 3 is 2.54 bits per heavy atom. The molecule has 0 bridgehead atoms. The first kappa shape index (κ1) is 17.5. The number of H-pyrrole nitrogens is 1. The molecule has 1 amide bonds. The summed E-state index contributed by atoms with van der Waals surface area (Å²) in [7, 11) is 0. The number of nitrogens with one attached hydrogen (secondary N) is 2. The Kier molecular flexibility index (Phi) is 4.67. The molecular formula is C14H8F3N5O3S. The molecule has 0 spiro atoms. The zero-order chi connectivity index (χ0) is 18.8. The number of nitrogens with zero attached hydrogens (tertiary/aromatic N) is 3. The Labute approximate surface area is 146 Å². The van der Waals surface area contributed by atoms with Crippen LogP contribution < -0.4 is 16.6 Å². The molecule has 2 heterocycles. The molecule has 2 aromatic heterocycles. The predicted octanol–water partition coefficient (Wildman–Crippen LogP) is 1.11. The molecule has 26 heavy (non-hydrogen) atoms. The maximum atomic E-state index is 13.7. The molecule has 1 aromatic carbocycles. The lowest BCUT2D eigenvalue weighted by molar-refractivity contribution is -0.116. The topological polar surface area (TPSA) is 110 Å². The smallest absolute Gasteiger partial charge is 0.299 e. The molecule has 8 nitrogen and oxygen atoms in total. The third-order valence-corrected chi connectivity index (χ3v) is 3.99. The quantitative estimate of drug-likeness (QED) is 0.701. The summed E-state index contributed by atoms with van der Waals surface area (Å²) in [5.41, 5.74) is -2.56. The molecule has 0 aliphatic carbocycles. The summed E-state index contributed by atoms with van der Waals surface area (Å²) in [6.07, 6.45) is 0.584. The summed E-state index contributed by atoms with van der Waals surface area (Å²) in [4.78, 5) is 36.1. The summed E-state index contributed by atoms with van der Waals surface area (Å²) in [5.74, 6) is -3.69. The molecule has 2 N–H and O–H groups in total. The molecule has 134 valence electrons. The van der Waals surface area contributed by atoms with Crippen LogP contribution in [-0.2, 0) is 11.3 Å². The molecule has 0 radical (unpaired) electrons. The standard InChI is InChI=1S/C14H8F3N5O3S/c15-6-2-1-3-7(16)10(6)12-20-21-13(26-12)18-9(23)5-22-4-8(17)11(24)19-14(22)25/h1-4H,5H2,(H,18,21,23)(H,19,24,25). The van der Waals surface area contributed by atoms with Crippen molar-refractivity contribution in [1.29, 1.82) is 0 Å². The van der Waals surface area contributed by atoms with E-state index >= 15 is 0 Å². The van der Waals surface area contributed by atoms with Crippen molar-refractivity contribution in [3.8, 4) is 10.6 Å². The van der Waals surface area contributed by atoms with Crippen molar-refractivity contribution in [2.45, 2.75) is 6.54 Å². The van der Waals surface area contributed by atoms with Gasteiger partial charge in [0.1, 0.15) is 18.2 Å². The average Bonchev–Trinajstić information content (AvgIpc) is 3.00. The number of benzene rings is 1. The van der Waals surface area contributed by atoms with E-state index < -0.39 is 41.2 Å². The molecule has 0 unspecified atom stereocenters. The number of carbonyl (C=O) groups excluding carboxylic acids is 1. The summed E-state index contributed by atoms with van der Waals surface area (Å²) in [5, 5.41) is 9.30. The fourth-order valence-electron chi connectivity index (χ4n) is 1.99. The fourth-order valence-corrected chi connectivity index (χ4v) is 2.80. The predicted molar refractivity (Wildman–Crippen MR) is 85.2 cm³/mol. The molecule has 3 aromatic rings. The van der Waals surface area contributed by atoms with Gasteiger partial charge in [0.2, 0.25) is 16.9 Å². The Bertz CT molecular complexity index is 1090. The molecular weight excluding hydrogens is 375 g/mol. The Morgan fingerprint density at radius 2 is 1.85 bits per heavy atom. The van der Waals surface area contributed by atoms with Crippen molar-refractivity contribution < 1.29 is 18.0 Å². The van der Waals surface area contributed by atoms with Gasteiger partial charge in [-0.2, -0.15) is 4.39 Å². The zero-order valence-electron chi connectivity index (χ0n) is 12.6. The van der Waals surface area contributed by atoms with Crippen molar-refractivity contribution in [2.24, 2.45) is 0 Å². The van der Waals surface area contributed by atoms with E-state index in [4.69, 9.17) is 0 Å². The first-order valence-electron chi connectivity index (χ1n) is 6.92. The molecule has 0 atom stereocenters. The van der Waals surface area contributed by atoms with Gasteiger partial charge >= 0.3 is 5.69 Å². The SMILES string of the molecule is O=C(Cn1cc(F)c(=O)[nH]c1=O)Nc1nnc(-c2c(F)cccc2F)s1. The van der Waals surface area contributed by atoms with Crippen LogP contribution in [0.25, 0.3) is 10.6 Å². The third kappa shape index (κ3) is 3.54.